The highest BCUT2D eigenvalue weighted by molar-refractivity contribution is 5.81. The van der Waals surface area contributed by atoms with Gasteiger partial charge in [-0.05, 0) is 51.2 Å². The Morgan fingerprint density at radius 3 is 1.85 bits per heavy atom. The van der Waals surface area contributed by atoms with Crippen LogP contribution in [0.1, 0.15) is 51.2 Å². The van der Waals surface area contributed by atoms with E-state index in [0.717, 1.165) is 11.1 Å². The van der Waals surface area contributed by atoms with E-state index < -0.39 is 29.8 Å². The lowest BCUT2D eigenvalue weighted by atomic mass is 10.1. The normalized spacial score (nSPS) is 11.7. The summed E-state index contributed by atoms with van der Waals surface area (Å²) in [5.41, 5.74) is 1.06. The van der Waals surface area contributed by atoms with Crippen LogP contribution in [0.5, 0.6) is 0 Å². The minimum atomic E-state index is -0.854. The zero-order chi connectivity index (χ0) is 24.8. The fourth-order valence-corrected chi connectivity index (χ4v) is 2.97. The quantitative estimate of drug-likeness (QED) is 0.280. The van der Waals surface area contributed by atoms with Gasteiger partial charge in [0.1, 0.15) is 24.9 Å². The summed E-state index contributed by atoms with van der Waals surface area (Å²) in [5.74, 6) is -0.528. The van der Waals surface area contributed by atoms with Gasteiger partial charge in [0.25, 0.3) is 0 Å². The van der Waals surface area contributed by atoms with E-state index in [0.29, 0.717) is 25.8 Å². The van der Waals surface area contributed by atoms with Gasteiger partial charge in [-0.15, -0.1) is 0 Å². The first-order chi connectivity index (χ1) is 16.2. The van der Waals surface area contributed by atoms with E-state index in [1.807, 2.05) is 60.7 Å². The minimum absolute atomic E-state index is 0.0999. The Bertz CT molecular complexity index is 897. The molecule has 0 saturated heterocycles. The molecule has 0 unspecified atom stereocenters. The summed E-state index contributed by atoms with van der Waals surface area (Å²) >= 11 is 0. The van der Waals surface area contributed by atoms with E-state index in [9.17, 15) is 14.4 Å². The van der Waals surface area contributed by atoms with Crippen LogP contribution in [-0.2, 0) is 32.2 Å². The Hall–Kier alpha value is -3.55. The van der Waals surface area contributed by atoms with Gasteiger partial charge in [0.05, 0.1) is 0 Å². The molecule has 0 radical (unpaired) electrons. The van der Waals surface area contributed by atoms with Crippen LogP contribution in [0, 0.1) is 0 Å². The second-order valence-electron chi connectivity index (χ2n) is 8.78. The molecule has 0 aliphatic heterocycles. The highest BCUT2D eigenvalue weighted by Gasteiger charge is 2.26. The van der Waals surface area contributed by atoms with Crippen molar-refractivity contribution in [2.45, 2.75) is 64.9 Å². The molecule has 1 atom stereocenters. The fourth-order valence-electron chi connectivity index (χ4n) is 2.97. The van der Waals surface area contributed by atoms with Crippen LogP contribution in [0.4, 0.5) is 9.59 Å². The molecule has 2 rings (SSSR count). The maximum atomic E-state index is 12.6. The minimum Gasteiger partial charge on any atom is -0.458 e. The van der Waals surface area contributed by atoms with Crippen molar-refractivity contribution >= 4 is 18.2 Å². The van der Waals surface area contributed by atoms with Gasteiger partial charge in [-0.1, -0.05) is 60.7 Å². The van der Waals surface area contributed by atoms with Crippen LogP contribution in [0.3, 0.4) is 0 Å². The summed E-state index contributed by atoms with van der Waals surface area (Å²) < 4.78 is 15.8. The first kappa shape index (κ1) is 26.7. The Morgan fingerprint density at radius 2 is 1.32 bits per heavy atom. The molecule has 184 valence electrons. The number of hydrogen-bond donors (Lipinski definition) is 2. The van der Waals surface area contributed by atoms with E-state index >= 15 is 0 Å². The van der Waals surface area contributed by atoms with Crippen LogP contribution in [0.15, 0.2) is 60.7 Å². The molecular formula is C26H34N2O6. The molecule has 0 aliphatic carbocycles. The number of esters is 1. The number of unbranched alkanes of at least 4 members (excludes halogenated alkanes) is 1. The zero-order valence-electron chi connectivity index (χ0n) is 20.0. The van der Waals surface area contributed by atoms with Gasteiger partial charge in [-0.25, -0.2) is 14.4 Å². The number of carbonyl (C=O) groups excluding carboxylic acids is 3. The molecule has 8 nitrogen and oxygen atoms in total. The summed E-state index contributed by atoms with van der Waals surface area (Å²) in [6, 6.07) is 17.8. The van der Waals surface area contributed by atoms with Crippen molar-refractivity contribution in [1.82, 2.24) is 10.6 Å². The molecule has 8 heteroatoms. The lowest BCUT2D eigenvalue weighted by Crippen LogP contribution is -2.44. The summed E-state index contributed by atoms with van der Waals surface area (Å²) in [6.45, 7) is 5.97. The Morgan fingerprint density at radius 1 is 0.794 bits per heavy atom. The highest BCUT2D eigenvalue weighted by Crippen LogP contribution is 2.12. The number of alkyl carbamates (subject to hydrolysis) is 2. The third-order valence-corrected chi connectivity index (χ3v) is 4.60. The van der Waals surface area contributed by atoms with Gasteiger partial charge in [0, 0.05) is 6.54 Å². The predicted molar refractivity (Wildman–Crippen MR) is 128 cm³/mol. The predicted octanol–water partition coefficient (Wildman–Crippen LogP) is 4.72. The van der Waals surface area contributed by atoms with E-state index in [1.54, 1.807) is 20.8 Å². The maximum absolute atomic E-state index is 12.6. The van der Waals surface area contributed by atoms with E-state index in [4.69, 9.17) is 14.2 Å². The van der Waals surface area contributed by atoms with Crippen molar-refractivity contribution < 1.29 is 28.6 Å². The first-order valence-corrected chi connectivity index (χ1v) is 11.4. The number of carbonyl (C=O) groups is 3. The van der Waals surface area contributed by atoms with Gasteiger partial charge < -0.3 is 24.8 Å². The van der Waals surface area contributed by atoms with Gasteiger partial charge in [-0.2, -0.15) is 0 Å². The van der Waals surface area contributed by atoms with Crippen molar-refractivity contribution in [1.29, 1.82) is 0 Å². The SMILES string of the molecule is CC(C)(C)OC(=O)[C@H](CCCCNC(=O)OCc1ccccc1)NC(=O)OCc1ccccc1. The van der Waals surface area contributed by atoms with Crippen LogP contribution >= 0.6 is 0 Å². The number of hydrogen-bond acceptors (Lipinski definition) is 6. The number of ether oxygens (including phenoxy) is 3. The molecule has 0 bridgehead atoms. The molecule has 34 heavy (non-hydrogen) atoms. The summed E-state index contributed by atoms with van der Waals surface area (Å²) in [4.78, 5) is 36.7. The molecule has 0 fully saturated rings. The molecule has 0 aromatic heterocycles. The van der Waals surface area contributed by atoms with Crippen LogP contribution < -0.4 is 10.6 Å². The van der Waals surface area contributed by atoms with Crippen molar-refractivity contribution in [3.8, 4) is 0 Å². The van der Waals surface area contributed by atoms with Crippen molar-refractivity contribution in [3.63, 3.8) is 0 Å². The Kier molecular flexibility index (Phi) is 10.9. The number of nitrogens with one attached hydrogen (secondary N) is 2. The van der Waals surface area contributed by atoms with Gasteiger partial charge in [-0.3, -0.25) is 0 Å². The molecule has 0 heterocycles. The fraction of sp³-hybridized carbons (Fsp3) is 0.423. The maximum Gasteiger partial charge on any atom is 0.408 e. The second-order valence-corrected chi connectivity index (χ2v) is 8.78. The molecule has 2 aromatic rings. The number of amides is 2. The Labute approximate surface area is 201 Å². The third kappa shape index (κ3) is 11.4. The standard InChI is InChI=1S/C26H34N2O6/c1-26(2,3)34-23(29)22(28-25(31)33-19-21-14-8-5-9-15-21)16-10-11-17-27-24(30)32-18-20-12-6-4-7-13-20/h4-9,12-15,22H,10-11,16-19H2,1-3H3,(H,27,30)(H,28,31)/t22-/m0/s1. The molecule has 2 aromatic carbocycles. The summed E-state index contributed by atoms with van der Waals surface area (Å²) in [5, 5.41) is 5.28. The highest BCUT2D eigenvalue weighted by atomic mass is 16.6. The number of rotatable bonds is 11. The van der Waals surface area contributed by atoms with E-state index in [1.165, 1.54) is 0 Å². The lowest BCUT2D eigenvalue weighted by Gasteiger charge is -2.24. The van der Waals surface area contributed by atoms with E-state index in [2.05, 4.69) is 10.6 Å². The lowest BCUT2D eigenvalue weighted by molar-refractivity contribution is -0.157. The molecule has 2 N–H and O–H groups in total. The van der Waals surface area contributed by atoms with Crippen molar-refractivity contribution in [2.24, 2.45) is 0 Å². The van der Waals surface area contributed by atoms with Crippen LogP contribution in [-0.4, -0.2) is 36.3 Å². The molecule has 2 amide bonds. The van der Waals surface area contributed by atoms with Crippen molar-refractivity contribution in [2.75, 3.05) is 6.54 Å². The first-order valence-electron chi connectivity index (χ1n) is 11.4. The van der Waals surface area contributed by atoms with Gasteiger partial charge >= 0.3 is 18.2 Å². The average Bonchev–Trinajstić information content (AvgIpc) is 2.80. The molecule has 0 saturated carbocycles. The molecule has 0 aliphatic rings. The van der Waals surface area contributed by atoms with Crippen LogP contribution in [0.25, 0.3) is 0 Å². The monoisotopic (exact) mass is 470 g/mol. The van der Waals surface area contributed by atoms with Crippen molar-refractivity contribution in [3.05, 3.63) is 71.8 Å². The summed E-state index contributed by atoms with van der Waals surface area (Å²) in [6.07, 6.45) is 0.316. The largest absolute Gasteiger partial charge is 0.458 e. The zero-order valence-corrected chi connectivity index (χ0v) is 20.0. The topological polar surface area (TPSA) is 103 Å². The average molecular weight is 471 g/mol. The molecule has 0 spiro atoms. The molecular weight excluding hydrogens is 436 g/mol. The summed E-state index contributed by atoms with van der Waals surface area (Å²) in [7, 11) is 0. The van der Waals surface area contributed by atoms with Gasteiger partial charge in [0.2, 0.25) is 0 Å². The third-order valence-electron chi connectivity index (χ3n) is 4.60. The second kappa shape index (κ2) is 13.9. The Balaban J connectivity index is 1.74. The van der Waals surface area contributed by atoms with Gasteiger partial charge in [0.15, 0.2) is 0 Å². The van der Waals surface area contributed by atoms with Crippen LogP contribution in [0.2, 0.25) is 0 Å². The van der Waals surface area contributed by atoms with E-state index in [-0.39, 0.29) is 13.2 Å². The smallest absolute Gasteiger partial charge is 0.408 e. The number of benzene rings is 2.